The Bertz CT molecular complexity index is 572. The number of aromatic nitrogens is 1. The molecule has 0 aliphatic carbocycles. The van der Waals surface area contributed by atoms with Gasteiger partial charge in [0.1, 0.15) is 5.82 Å². The molecule has 0 saturated carbocycles. The zero-order valence-corrected chi connectivity index (χ0v) is 11.8. The molecule has 0 aliphatic heterocycles. The molecule has 6 heteroatoms. The highest BCUT2D eigenvalue weighted by Crippen LogP contribution is 2.26. The van der Waals surface area contributed by atoms with Crippen LogP contribution in [0.3, 0.4) is 0 Å². The van der Waals surface area contributed by atoms with Crippen LogP contribution in [0.25, 0.3) is 0 Å². The van der Waals surface area contributed by atoms with Crippen molar-refractivity contribution in [2.24, 2.45) is 0 Å². The Morgan fingerprint density at radius 2 is 2.42 bits per heavy atom. The van der Waals surface area contributed by atoms with Crippen molar-refractivity contribution in [3.05, 3.63) is 45.2 Å². The Hall–Kier alpha value is -1.59. The number of carbonyl (C=O) groups is 1. The van der Waals surface area contributed by atoms with Gasteiger partial charge in [-0.3, -0.25) is 0 Å². The molecule has 2 aromatic rings. The molecule has 1 unspecified atom stereocenters. The molecule has 0 amide bonds. The van der Waals surface area contributed by atoms with Crippen LogP contribution < -0.4 is 5.32 Å². The highest BCUT2D eigenvalue weighted by atomic mass is 35.5. The highest BCUT2D eigenvalue weighted by molar-refractivity contribution is 7.10. The number of hydrogen-bond donors (Lipinski definition) is 2. The summed E-state index contributed by atoms with van der Waals surface area (Å²) in [6, 6.07) is 5.61. The van der Waals surface area contributed by atoms with Gasteiger partial charge in [-0.25, -0.2) is 9.78 Å². The van der Waals surface area contributed by atoms with E-state index in [1.165, 1.54) is 17.1 Å². The first-order valence-electron chi connectivity index (χ1n) is 5.80. The standard InChI is InChI=1S/C13H13ClN2O2S/c1-2-10(11-4-3-5-19-11)16-12-6-8(13(17)18)9(14)7-15-12/h3-7,10H,2H2,1H3,(H,15,16)(H,17,18). The number of carboxylic acid groups (broad SMARTS) is 1. The second-order valence-corrected chi connectivity index (χ2v) is 5.36. The molecule has 0 bridgehead atoms. The average Bonchev–Trinajstić information content (AvgIpc) is 2.91. The molecule has 0 radical (unpaired) electrons. The van der Waals surface area contributed by atoms with E-state index in [0.717, 1.165) is 6.42 Å². The summed E-state index contributed by atoms with van der Waals surface area (Å²) in [5.74, 6) is -0.540. The van der Waals surface area contributed by atoms with Gasteiger partial charge in [0.05, 0.1) is 16.6 Å². The van der Waals surface area contributed by atoms with Crippen molar-refractivity contribution in [1.29, 1.82) is 0 Å². The zero-order valence-electron chi connectivity index (χ0n) is 10.3. The van der Waals surface area contributed by atoms with Gasteiger partial charge in [-0.15, -0.1) is 11.3 Å². The third kappa shape index (κ3) is 3.24. The van der Waals surface area contributed by atoms with Crippen LogP contribution in [0.1, 0.15) is 34.6 Å². The number of hydrogen-bond acceptors (Lipinski definition) is 4. The fraction of sp³-hybridized carbons (Fsp3) is 0.231. The molecule has 2 rings (SSSR count). The molecule has 0 aromatic carbocycles. The summed E-state index contributed by atoms with van der Waals surface area (Å²) in [4.78, 5) is 16.3. The van der Waals surface area contributed by atoms with E-state index >= 15 is 0 Å². The van der Waals surface area contributed by atoms with Crippen LogP contribution in [0, 0.1) is 0 Å². The second-order valence-electron chi connectivity index (χ2n) is 3.98. The Kier molecular flexibility index (Phi) is 4.39. The van der Waals surface area contributed by atoms with E-state index in [4.69, 9.17) is 16.7 Å². The van der Waals surface area contributed by atoms with E-state index in [0.29, 0.717) is 5.82 Å². The van der Waals surface area contributed by atoms with Crippen molar-refractivity contribution in [2.75, 3.05) is 5.32 Å². The van der Waals surface area contributed by atoms with Crippen molar-refractivity contribution in [3.8, 4) is 0 Å². The van der Waals surface area contributed by atoms with Gasteiger partial charge in [0.2, 0.25) is 0 Å². The predicted octanol–water partition coefficient (Wildman–Crippen LogP) is 4.06. The Morgan fingerprint density at radius 3 is 3.00 bits per heavy atom. The molecule has 0 saturated heterocycles. The van der Waals surface area contributed by atoms with Crippen molar-refractivity contribution < 1.29 is 9.90 Å². The SMILES string of the molecule is CCC(Nc1cc(C(=O)O)c(Cl)cn1)c1cccs1. The van der Waals surface area contributed by atoms with Crippen LogP contribution in [0.2, 0.25) is 5.02 Å². The summed E-state index contributed by atoms with van der Waals surface area (Å²) in [6.07, 6.45) is 2.24. The normalized spacial score (nSPS) is 12.1. The first-order valence-corrected chi connectivity index (χ1v) is 7.06. The van der Waals surface area contributed by atoms with Gasteiger partial charge < -0.3 is 10.4 Å². The maximum Gasteiger partial charge on any atom is 0.337 e. The molecular formula is C13H13ClN2O2S. The van der Waals surface area contributed by atoms with Crippen LogP contribution in [-0.4, -0.2) is 16.1 Å². The minimum Gasteiger partial charge on any atom is -0.478 e. The van der Waals surface area contributed by atoms with Gasteiger partial charge in [-0.1, -0.05) is 24.6 Å². The molecule has 1 atom stereocenters. The number of thiophene rings is 1. The van der Waals surface area contributed by atoms with E-state index in [9.17, 15) is 4.79 Å². The highest BCUT2D eigenvalue weighted by Gasteiger charge is 2.14. The van der Waals surface area contributed by atoms with Crippen molar-refractivity contribution in [3.63, 3.8) is 0 Å². The number of aromatic carboxylic acids is 1. The summed E-state index contributed by atoms with van der Waals surface area (Å²) >= 11 is 7.45. The van der Waals surface area contributed by atoms with Gasteiger partial charge in [0.25, 0.3) is 0 Å². The summed E-state index contributed by atoms with van der Waals surface area (Å²) in [5, 5.41) is 14.4. The quantitative estimate of drug-likeness (QED) is 0.873. The van der Waals surface area contributed by atoms with Gasteiger partial charge >= 0.3 is 5.97 Å². The first kappa shape index (κ1) is 13.8. The summed E-state index contributed by atoms with van der Waals surface area (Å²) in [7, 11) is 0. The van der Waals surface area contributed by atoms with E-state index < -0.39 is 5.97 Å². The van der Waals surface area contributed by atoms with Gasteiger partial charge in [0.15, 0.2) is 0 Å². The lowest BCUT2D eigenvalue weighted by Gasteiger charge is -2.16. The number of anilines is 1. The van der Waals surface area contributed by atoms with Crippen LogP contribution in [0.15, 0.2) is 29.8 Å². The summed E-state index contributed by atoms with van der Waals surface area (Å²) in [5.41, 5.74) is 0.0557. The topological polar surface area (TPSA) is 62.2 Å². The number of halogens is 1. The molecule has 0 aliphatic rings. The van der Waals surface area contributed by atoms with Crippen LogP contribution in [0.5, 0.6) is 0 Å². The van der Waals surface area contributed by atoms with Gasteiger partial charge in [-0.05, 0) is 23.9 Å². The number of pyridine rings is 1. The first-order chi connectivity index (χ1) is 9.11. The predicted molar refractivity (Wildman–Crippen MR) is 77.2 cm³/mol. The number of nitrogens with one attached hydrogen (secondary N) is 1. The fourth-order valence-electron chi connectivity index (χ4n) is 1.72. The molecule has 100 valence electrons. The third-order valence-electron chi connectivity index (χ3n) is 2.70. The number of nitrogens with zero attached hydrogens (tertiary/aromatic N) is 1. The molecular weight excluding hydrogens is 284 g/mol. The molecule has 4 nitrogen and oxygen atoms in total. The van der Waals surface area contributed by atoms with E-state index in [1.807, 2.05) is 17.5 Å². The van der Waals surface area contributed by atoms with Gasteiger partial charge in [0, 0.05) is 11.1 Å². The van der Waals surface area contributed by atoms with E-state index in [1.54, 1.807) is 11.3 Å². The Balaban J connectivity index is 2.23. The van der Waals surface area contributed by atoms with Crippen molar-refractivity contribution in [1.82, 2.24) is 4.98 Å². The van der Waals surface area contributed by atoms with Crippen molar-refractivity contribution in [2.45, 2.75) is 19.4 Å². The van der Waals surface area contributed by atoms with Gasteiger partial charge in [-0.2, -0.15) is 0 Å². The van der Waals surface area contributed by atoms with Crippen LogP contribution >= 0.6 is 22.9 Å². The lowest BCUT2D eigenvalue weighted by molar-refractivity contribution is 0.0697. The molecule has 2 N–H and O–H groups in total. The number of rotatable bonds is 5. The lowest BCUT2D eigenvalue weighted by Crippen LogP contribution is -2.10. The van der Waals surface area contributed by atoms with E-state index in [2.05, 4.69) is 17.2 Å². The summed E-state index contributed by atoms with van der Waals surface area (Å²) < 4.78 is 0. The van der Waals surface area contributed by atoms with Crippen LogP contribution in [-0.2, 0) is 0 Å². The average molecular weight is 297 g/mol. The molecule has 0 spiro atoms. The monoisotopic (exact) mass is 296 g/mol. The number of carboxylic acids is 1. The molecule has 2 aromatic heterocycles. The molecule has 19 heavy (non-hydrogen) atoms. The largest absolute Gasteiger partial charge is 0.478 e. The fourth-order valence-corrected chi connectivity index (χ4v) is 2.77. The molecule has 2 heterocycles. The maximum atomic E-state index is 11.0. The minimum atomic E-state index is -1.06. The molecule has 0 fully saturated rings. The second kappa shape index (κ2) is 6.04. The Labute approximate surface area is 120 Å². The third-order valence-corrected chi connectivity index (χ3v) is 3.99. The van der Waals surface area contributed by atoms with Crippen molar-refractivity contribution >= 4 is 34.7 Å². The summed E-state index contributed by atoms with van der Waals surface area (Å²) in [6.45, 7) is 2.06. The van der Waals surface area contributed by atoms with Crippen LogP contribution in [0.4, 0.5) is 5.82 Å². The van der Waals surface area contributed by atoms with E-state index in [-0.39, 0.29) is 16.6 Å². The minimum absolute atomic E-state index is 0.0557. The lowest BCUT2D eigenvalue weighted by atomic mass is 10.2. The maximum absolute atomic E-state index is 11.0. The smallest absolute Gasteiger partial charge is 0.337 e. The Morgan fingerprint density at radius 1 is 1.63 bits per heavy atom. The zero-order chi connectivity index (χ0) is 13.8.